The smallest absolute Gasteiger partial charge is 0.222 e. The standard InChI is InChI=1S/C17H23NO2/c1-13-8-9-14(2)15(12-13)16(19)6-5-7-17(20)18-10-3-4-11-18/h8-9,12H,3-7,10-11H2,1-2H3. The van der Waals surface area contributed by atoms with E-state index in [1.165, 1.54) is 0 Å². The summed E-state index contributed by atoms with van der Waals surface area (Å²) in [5.41, 5.74) is 2.93. The lowest BCUT2D eigenvalue weighted by Crippen LogP contribution is -2.27. The summed E-state index contributed by atoms with van der Waals surface area (Å²) in [6, 6.07) is 5.95. The van der Waals surface area contributed by atoms with E-state index in [4.69, 9.17) is 0 Å². The van der Waals surface area contributed by atoms with E-state index in [0.717, 1.165) is 42.6 Å². The summed E-state index contributed by atoms with van der Waals surface area (Å²) in [7, 11) is 0. The van der Waals surface area contributed by atoms with E-state index in [9.17, 15) is 9.59 Å². The van der Waals surface area contributed by atoms with Gasteiger partial charge in [0, 0.05) is 31.5 Å². The van der Waals surface area contributed by atoms with Gasteiger partial charge in [-0.05, 0) is 44.7 Å². The SMILES string of the molecule is Cc1ccc(C)c(C(=O)CCCC(=O)N2CCCC2)c1. The Bertz CT molecular complexity index is 502. The molecule has 20 heavy (non-hydrogen) atoms. The summed E-state index contributed by atoms with van der Waals surface area (Å²) in [5.74, 6) is 0.358. The Morgan fingerprint density at radius 3 is 2.50 bits per heavy atom. The number of amides is 1. The fourth-order valence-corrected chi connectivity index (χ4v) is 2.70. The number of likely N-dealkylation sites (tertiary alicyclic amines) is 1. The minimum atomic E-state index is 0.153. The van der Waals surface area contributed by atoms with Gasteiger partial charge < -0.3 is 4.90 Å². The van der Waals surface area contributed by atoms with Crippen molar-refractivity contribution in [1.29, 1.82) is 0 Å². The molecule has 1 amide bonds. The molecule has 0 aromatic heterocycles. The van der Waals surface area contributed by atoms with Gasteiger partial charge in [-0.3, -0.25) is 9.59 Å². The number of hydrogen-bond acceptors (Lipinski definition) is 2. The molecule has 2 rings (SSSR count). The minimum absolute atomic E-state index is 0.153. The highest BCUT2D eigenvalue weighted by Crippen LogP contribution is 2.15. The molecule has 1 fully saturated rings. The number of ketones is 1. The van der Waals surface area contributed by atoms with Crippen molar-refractivity contribution in [3.05, 3.63) is 34.9 Å². The van der Waals surface area contributed by atoms with E-state index >= 15 is 0 Å². The fourth-order valence-electron chi connectivity index (χ4n) is 2.70. The number of hydrogen-bond donors (Lipinski definition) is 0. The second-order valence-corrected chi connectivity index (χ2v) is 5.68. The van der Waals surface area contributed by atoms with Crippen molar-refractivity contribution in [3.8, 4) is 0 Å². The Morgan fingerprint density at radius 1 is 1.10 bits per heavy atom. The molecule has 3 nitrogen and oxygen atoms in total. The molecular weight excluding hydrogens is 250 g/mol. The fraction of sp³-hybridized carbons (Fsp3) is 0.529. The third kappa shape index (κ3) is 3.69. The summed E-state index contributed by atoms with van der Waals surface area (Å²) in [5, 5.41) is 0. The summed E-state index contributed by atoms with van der Waals surface area (Å²) >= 11 is 0. The zero-order valence-electron chi connectivity index (χ0n) is 12.4. The Labute approximate surface area is 121 Å². The summed E-state index contributed by atoms with van der Waals surface area (Å²) in [6.07, 6.45) is 3.85. The van der Waals surface area contributed by atoms with Crippen LogP contribution in [0.25, 0.3) is 0 Å². The van der Waals surface area contributed by atoms with Crippen molar-refractivity contribution in [2.75, 3.05) is 13.1 Å². The Balaban J connectivity index is 1.83. The molecule has 108 valence electrons. The molecule has 0 unspecified atom stereocenters. The molecule has 1 saturated heterocycles. The van der Waals surface area contributed by atoms with Crippen LogP contribution in [-0.4, -0.2) is 29.7 Å². The van der Waals surface area contributed by atoms with E-state index in [-0.39, 0.29) is 11.7 Å². The van der Waals surface area contributed by atoms with E-state index < -0.39 is 0 Å². The Kier molecular flexibility index (Phi) is 4.94. The molecule has 1 aromatic rings. The average molecular weight is 273 g/mol. The first-order valence-electron chi connectivity index (χ1n) is 7.46. The van der Waals surface area contributed by atoms with Gasteiger partial charge in [0.2, 0.25) is 5.91 Å². The topological polar surface area (TPSA) is 37.4 Å². The van der Waals surface area contributed by atoms with Gasteiger partial charge in [0.25, 0.3) is 0 Å². The first-order chi connectivity index (χ1) is 9.58. The van der Waals surface area contributed by atoms with Gasteiger partial charge in [-0.2, -0.15) is 0 Å². The van der Waals surface area contributed by atoms with Crippen LogP contribution in [0.5, 0.6) is 0 Å². The zero-order valence-corrected chi connectivity index (χ0v) is 12.4. The van der Waals surface area contributed by atoms with E-state index in [2.05, 4.69) is 0 Å². The van der Waals surface area contributed by atoms with E-state index in [0.29, 0.717) is 19.3 Å². The largest absolute Gasteiger partial charge is 0.343 e. The second-order valence-electron chi connectivity index (χ2n) is 5.68. The van der Waals surface area contributed by atoms with Crippen molar-refractivity contribution >= 4 is 11.7 Å². The van der Waals surface area contributed by atoms with Crippen LogP contribution in [0, 0.1) is 13.8 Å². The minimum Gasteiger partial charge on any atom is -0.343 e. The number of nitrogens with zero attached hydrogens (tertiary/aromatic N) is 1. The first kappa shape index (κ1) is 14.8. The quantitative estimate of drug-likeness (QED) is 0.772. The van der Waals surface area contributed by atoms with Gasteiger partial charge >= 0.3 is 0 Å². The molecule has 1 aromatic carbocycles. The van der Waals surface area contributed by atoms with Crippen LogP contribution in [0.4, 0.5) is 0 Å². The number of benzene rings is 1. The molecule has 1 aliphatic heterocycles. The predicted molar refractivity (Wildman–Crippen MR) is 79.9 cm³/mol. The van der Waals surface area contributed by atoms with Gasteiger partial charge in [-0.1, -0.05) is 17.7 Å². The monoisotopic (exact) mass is 273 g/mol. The molecule has 0 spiro atoms. The normalized spacial score (nSPS) is 14.6. The van der Waals surface area contributed by atoms with Crippen molar-refractivity contribution in [1.82, 2.24) is 4.90 Å². The van der Waals surface area contributed by atoms with Gasteiger partial charge in [0.1, 0.15) is 0 Å². The molecular formula is C17H23NO2. The van der Waals surface area contributed by atoms with Crippen LogP contribution in [0.2, 0.25) is 0 Å². The maximum Gasteiger partial charge on any atom is 0.222 e. The molecule has 0 radical (unpaired) electrons. The van der Waals surface area contributed by atoms with Gasteiger partial charge in [0.05, 0.1) is 0 Å². The average Bonchev–Trinajstić information content (AvgIpc) is 2.95. The molecule has 0 bridgehead atoms. The highest BCUT2D eigenvalue weighted by Gasteiger charge is 2.18. The van der Waals surface area contributed by atoms with Crippen molar-refractivity contribution < 1.29 is 9.59 Å². The molecule has 0 saturated carbocycles. The second kappa shape index (κ2) is 6.69. The first-order valence-corrected chi connectivity index (χ1v) is 7.46. The molecule has 3 heteroatoms. The van der Waals surface area contributed by atoms with Crippen LogP contribution < -0.4 is 0 Å². The van der Waals surface area contributed by atoms with Crippen LogP contribution in [0.3, 0.4) is 0 Å². The molecule has 0 atom stereocenters. The van der Waals surface area contributed by atoms with E-state index in [1.54, 1.807) is 0 Å². The lowest BCUT2D eigenvalue weighted by atomic mass is 9.99. The maximum atomic E-state index is 12.2. The van der Waals surface area contributed by atoms with Crippen molar-refractivity contribution in [2.24, 2.45) is 0 Å². The van der Waals surface area contributed by atoms with Crippen molar-refractivity contribution in [3.63, 3.8) is 0 Å². The van der Waals surface area contributed by atoms with Gasteiger partial charge in [0.15, 0.2) is 5.78 Å². The lowest BCUT2D eigenvalue weighted by Gasteiger charge is -2.14. The van der Waals surface area contributed by atoms with Crippen LogP contribution in [0.1, 0.15) is 53.6 Å². The molecule has 0 N–H and O–H groups in total. The van der Waals surface area contributed by atoms with Crippen LogP contribution in [-0.2, 0) is 4.79 Å². The Morgan fingerprint density at radius 2 is 1.80 bits per heavy atom. The molecule has 1 aliphatic rings. The maximum absolute atomic E-state index is 12.2. The predicted octanol–water partition coefficient (Wildman–Crippen LogP) is 3.28. The highest BCUT2D eigenvalue weighted by atomic mass is 16.2. The third-order valence-corrected chi connectivity index (χ3v) is 3.95. The highest BCUT2D eigenvalue weighted by molar-refractivity contribution is 5.97. The number of Topliss-reactive ketones (excluding diaryl/α,β-unsaturated/α-hetero) is 1. The number of carbonyl (C=O) groups is 2. The van der Waals surface area contributed by atoms with E-state index in [1.807, 2.05) is 36.9 Å². The summed E-state index contributed by atoms with van der Waals surface area (Å²) in [4.78, 5) is 26.0. The number of rotatable bonds is 5. The number of aryl methyl sites for hydroxylation is 2. The molecule has 0 aliphatic carbocycles. The van der Waals surface area contributed by atoms with Crippen molar-refractivity contribution in [2.45, 2.75) is 46.0 Å². The summed E-state index contributed by atoms with van der Waals surface area (Å²) in [6.45, 7) is 5.74. The summed E-state index contributed by atoms with van der Waals surface area (Å²) < 4.78 is 0. The third-order valence-electron chi connectivity index (χ3n) is 3.95. The van der Waals surface area contributed by atoms with Crippen LogP contribution >= 0.6 is 0 Å². The zero-order chi connectivity index (χ0) is 14.5. The van der Waals surface area contributed by atoms with Crippen LogP contribution in [0.15, 0.2) is 18.2 Å². The lowest BCUT2D eigenvalue weighted by molar-refractivity contribution is -0.130. The number of carbonyl (C=O) groups excluding carboxylic acids is 2. The Hall–Kier alpha value is -1.64. The van der Waals surface area contributed by atoms with Gasteiger partial charge in [-0.25, -0.2) is 0 Å². The molecule has 1 heterocycles. The van der Waals surface area contributed by atoms with Gasteiger partial charge in [-0.15, -0.1) is 0 Å².